The molecule has 2 atom stereocenters. The van der Waals surface area contributed by atoms with Crippen LogP contribution in [0.4, 0.5) is 0 Å². The number of hydrogen-bond acceptors (Lipinski definition) is 4. The first kappa shape index (κ1) is 11.4. The summed E-state index contributed by atoms with van der Waals surface area (Å²) in [7, 11) is 3.60. The molecule has 16 heavy (non-hydrogen) atoms. The molecule has 0 aliphatic carbocycles. The van der Waals surface area contributed by atoms with Gasteiger partial charge in [-0.1, -0.05) is 0 Å². The van der Waals surface area contributed by atoms with Crippen LogP contribution in [0, 0.1) is 0 Å². The van der Waals surface area contributed by atoms with Gasteiger partial charge in [0.15, 0.2) is 0 Å². The highest BCUT2D eigenvalue weighted by atomic mass is 16.5. The van der Waals surface area contributed by atoms with E-state index in [9.17, 15) is 0 Å². The SMILES string of the molecule is CNC(c1ncccc1OC)C1CCCO1. The zero-order chi connectivity index (χ0) is 11.4. The normalized spacial score (nSPS) is 22.0. The molecule has 88 valence electrons. The van der Waals surface area contributed by atoms with Gasteiger partial charge < -0.3 is 14.8 Å². The van der Waals surface area contributed by atoms with Crippen LogP contribution in [0.2, 0.25) is 0 Å². The molecule has 0 radical (unpaired) electrons. The lowest BCUT2D eigenvalue weighted by molar-refractivity contribution is 0.0786. The lowest BCUT2D eigenvalue weighted by Gasteiger charge is -2.23. The van der Waals surface area contributed by atoms with Crippen molar-refractivity contribution in [2.45, 2.75) is 25.0 Å². The van der Waals surface area contributed by atoms with Crippen molar-refractivity contribution in [2.24, 2.45) is 0 Å². The smallest absolute Gasteiger partial charge is 0.142 e. The minimum Gasteiger partial charge on any atom is -0.495 e. The fourth-order valence-corrected chi connectivity index (χ4v) is 2.17. The van der Waals surface area contributed by atoms with Gasteiger partial charge in [-0.2, -0.15) is 0 Å². The third kappa shape index (κ3) is 2.18. The number of ether oxygens (including phenoxy) is 2. The number of methoxy groups -OCH3 is 1. The van der Waals surface area contributed by atoms with Crippen molar-refractivity contribution in [3.8, 4) is 5.75 Å². The van der Waals surface area contributed by atoms with Gasteiger partial charge in [0.25, 0.3) is 0 Å². The van der Waals surface area contributed by atoms with Crippen LogP contribution in [-0.2, 0) is 4.74 Å². The van der Waals surface area contributed by atoms with Crippen LogP contribution in [0.15, 0.2) is 18.3 Å². The third-order valence-corrected chi connectivity index (χ3v) is 2.96. The van der Waals surface area contributed by atoms with Crippen molar-refractivity contribution < 1.29 is 9.47 Å². The Morgan fingerprint density at radius 2 is 2.50 bits per heavy atom. The highest BCUT2D eigenvalue weighted by Gasteiger charge is 2.29. The maximum Gasteiger partial charge on any atom is 0.142 e. The summed E-state index contributed by atoms with van der Waals surface area (Å²) in [6, 6.07) is 3.92. The summed E-state index contributed by atoms with van der Waals surface area (Å²) < 4.78 is 11.0. The molecule has 1 saturated heterocycles. The lowest BCUT2D eigenvalue weighted by atomic mass is 10.0. The molecule has 1 aromatic heterocycles. The summed E-state index contributed by atoms with van der Waals surface area (Å²) in [5, 5.41) is 3.27. The molecule has 0 bridgehead atoms. The Bertz CT molecular complexity index is 338. The fraction of sp³-hybridized carbons (Fsp3) is 0.583. The van der Waals surface area contributed by atoms with E-state index in [1.807, 2.05) is 19.2 Å². The molecule has 1 aromatic rings. The van der Waals surface area contributed by atoms with E-state index in [4.69, 9.17) is 9.47 Å². The van der Waals surface area contributed by atoms with E-state index in [1.165, 1.54) is 0 Å². The van der Waals surface area contributed by atoms with Crippen LogP contribution in [-0.4, -0.2) is 31.9 Å². The van der Waals surface area contributed by atoms with Gasteiger partial charge in [-0.15, -0.1) is 0 Å². The largest absolute Gasteiger partial charge is 0.495 e. The molecule has 0 amide bonds. The second kappa shape index (κ2) is 5.27. The molecule has 1 aliphatic heterocycles. The fourth-order valence-electron chi connectivity index (χ4n) is 2.17. The monoisotopic (exact) mass is 222 g/mol. The molecule has 2 heterocycles. The molecular formula is C12H18N2O2. The van der Waals surface area contributed by atoms with E-state index in [0.29, 0.717) is 0 Å². The van der Waals surface area contributed by atoms with E-state index < -0.39 is 0 Å². The lowest BCUT2D eigenvalue weighted by Crippen LogP contribution is -2.30. The molecule has 2 unspecified atom stereocenters. The molecule has 0 aromatic carbocycles. The van der Waals surface area contributed by atoms with Gasteiger partial charge in [-0.25, -0.2) is 0 Å². The number of nitrogens with zero attached hydrogens (tertiary/aromatic N) is 1. The van der Waals surface area contributed by atoms with E-state index in [2.05, 4.69) is 10.3 Å². The maximum atomic E-state index is 5.70. The molecule has 2 rings (SSSR count). The Kier molecular flexibility index (Phi) is 3.74. The van der Waals surface area contributed by atoms with Crippen LogP contribution in [0.3, 0.4) is 0 Å². The van der Waals surface area contributed by atoms with E-state index in [-0.39, 0.29) is 12.1 Å². The Morgan fingerprint density at radius 3 is 3.12 bits per heavy atom. The summed E-state index contributed by atoms with van der Waals surface area (Å²) in [5.74, 6) is 0.817. The molecule has 4 heteroatoms. The topological polar surface area (TPSA) is 43.4 Å². The summed E-state index contributed by atoms with van der Waals surface area (Å²) in [6.07, 6.45) is 4.19. The van der Waals surface area contributed by atoms with Crippen molar-refractivity contribution in [1.29, 1.82) is 0 Å². The highest BCUT2D eigenvalue weighted by Crippen LogP contribution is 2.30. The number of likely N-dealkylation sites (N-methyl/N-ethyl adjacent to an activating group) is 1. The van der Waals surface area contributed by atoms with Gasteiger partial charge in [-0.05, 0) is 32.0 Å². The summed E-state index contributed by atoms with van der Waals surface area (Å²) in [5.41, 5.74) is 0.930. The zero-order valence-electron chi connectivity index (χ0n) is 9.77. The quantitative estimate of drug-likeness (QED) is 0.839. The third-order valence-electron chi connectivity index (χ3n) is 2.96. The van der Waals surface area contributed by atoms with Crippen molar-refractivity contribution in [1.82, 2.24) is 10.3 Å². The first-order valence-corrected chi connectivity index (χ1v) is 5.64. The Labute approximate surface area is 96.0 Å². The maximum absolute atomic E-state index is 5.70. The standard InChI is InChI=1S/C12H18N2O2/c1-13-11(10-6-4-8-16-10)12-9(15-2)5-3-7-14-12/h3,5,7,10-11,13H,4,6,8H2,1-2H3. The highest BCUT2D eigenvalue weighted by molar-refractivity contribution is 5.30. The molecule has 1 aliphatic rings. The van der Waals surface area contributed by atoms with Crippen molar-refractivity contribution >= 4 is 0 Å². The molecule has 4 nitrogen and oxygen atoms in total. The minimum atomic E-state index is 0.110. The number of pyridine rings is 1. The Hall–Kier alpha value is -1.13. The number of aromatic nitrogens is 1. The Balaban J connectivity index is 2.24. The number of nitrogens with one attached hydrogen (secondary N) is 1. The van der Waals surface area contributed by atoms with Crippen molar-refractivity contribution in [3.63, 3.8) is 0 Å². The number of rotatable bonds is 4. The Morgan fingerprint density at radius 1 is 1.62 bits per heavy atom. The molecule has 0 spiro atoms. The number of hydrogen-bond donors (Lipinski definition) is 1. The van der Waals surface area contributed by atoms with Gasteiger partial charge in [0.1, 0.15) is 11.4 Å². The van der Waals surface area contributed by atoms with Crippen LogP contribution in [0.25, 0.3) is 0 Å². The minimum absolute atomic E-state index is 0.110. The average Bonchev–Trinajstić information content (AvgIpc) is 2.84. The van der Waals surface area contributed by atoms with Crippen LogP contribution in [0.5, 0.6) is 5.75 Å². The van der Waals surface area contributed by atoms with E-state index in [0.717, 1.165) is 30.9 Å². The summed E-state index contributed by atoms with van der Waals surface area (Å²) >= 11 is 0. The zero-order valence-corrected chi connectivity index (χ0v) is 9.77. The molecule has 0 saturated carbocycles. The van der Waals surface area contributed by atoms with Gasteiger partial charge in [-0.3, -0.25) is 4.98 Å². The predicted octanol–water partition coefficient (Wildman–Crippen LogP) is 1.53. The first-order chi connectivity index (χ1) is 7.86. The average molecular weight is 222 g/mol. The van der Waals surface area contributed by atoms with Gasteiger partial charge >= 0.3 is 0 Å². The first-order valence-electron chi connectivity index (χ1n) is 5.64. The van der Waals surface area contributed by atoms with Crippen molar-refractivity contribution in [2.75, 3.05) is 20.8 Å². The van der Waals surface area contributed by atoms with E-state index >= 15 is 0 Å². The van der Waals surface area contributed by atoms with E-state index in [1.54, 1.807) is 13.3 Å². The van der Waals surface area contributed by atoms with Gasteiger partial charge in [0.2, 0.25) is 0 Å². The second-order valence-corrected chi connectivity index (χ2v) is 3.91. The predicted molar refractivity (Wildman–Crippen MR) is 61.6 cm³/mol. The molecular weight excluding hydrogens is 204 g/mol. The second-order valence-electron chi connectivity index (χ2n) is 3.91. The summed E-state index contributed by atoms with van der Waals surface area (Å²) in [4.78, 5) is 4.40. The summed E-state index contributed by atoms with van der Waals surface area (Å²) in [6.45, 7) is 0.845. The molecule has 1 N–H and O–H groups in total. The van der Waals surface area contributed by atoms with Gasteiger partial charge in [0.05, 0.1) is 19.3 Å². The molecule has 1 fully saturated rings. The van der Waals surface area contributed by atoms with Crippen LogP contribution < -0.4 is 10.1 Å². The van der Waals surface area contributed by atoms with Crippen LogP contribution >= 0.6 is 0 Å². The van der Waals surface area contributed by atoms with Crippen LogP contribution in [0.1, 0.15) is 24.6 Å². The van der Waals surface area contributed by atoms with Crippen molar-refractivity contribution in [3.05, 3.63) is 24.0 Å². The van der Waals surface area contributed by atoms with Gasteiger partial charge in [0, 0.05) is 12.8 Å².